The maximum atomic E-state index is 14.5. The number of pyridine rings is 1. The molecule has 2 aliphatic carbocycles. The predicted octanol–water partition coefficient (Wildman–Crippen LogP) is 5.44. The van der Waals surface area contributed by atoms with Gasteiger partial charge in [-0.1, -0.05) is 31.1 Å². The van der Waals surface area contributed by atoms with E-state index in [1.165, 1.54) is 16.2 Å². The summed E-state index contributed by atoms with van der Waals surface area (Å²) in [6.45, 7) is 4.07. The number of nitrogens with one attached hydrogen (secondary N) is 3. The first-order chi connectivity index (χ1) is 25.6. The molecule has 0 unspecified atom stereocenters. The first kappa shape index (κ1) is 36.6. The van der Waals surface area contributed by atoms with Crippen LogP contribution in [0.5, 0.6) is 5.88 Å². The van der Waals surface area contributed by atoms with Gasteiger partial charge in [-0.2, -0.15) is 4.98 Å². The Morgan fingerprint density at radius 2 is 1.85 bits per heavy atom. The van der Waals surface area contributed by atoms with Gasteiger partial charge in [0.05, 0.1) is 11.9 Å². The molecule has 0 bridgehead atoms. The van der Waals surface area contributed by atoms with Crippen LogP contribution in [-0.4, -0.2) is 91.3 Å². The van der Waals surface area contributed by atoms with E-state index >= 15 is 0 Å². The van der Waals surface area contributed by atoms with Crippen LogP contribution >= 0.6 is 11.3 Å². The highest BCUT2D eigenvalue weighted by Crippen LogP contribution is 2.45. The van der Waals surface area contributed by atoms with Crippen molar-refractivity contribution in [3.05, 3.63) is 41.8 Å². The zero-order valence-corrected chi connectivity index (χ0v) is 30.9. The van der Waals surface area contributed by atoms with Crippen molar-refractivity contribution >= 4 is 51.2 Å². The maximum absolute atomic E-state index is 14.5. The van der Waals surface area contributed by atoms with Crippen molar-refractivity contribution in [3.8, 4) is 17.4 Å². The number of anilines is 1. The number of alkyl carbamates (subject to hydrolysis) is 1. The number of amides is 3. The fraction of sp³-hybridized carbons (Fsp3) is 0.553. The van der Waals surface area contributed by atoms with Crippen LogP contribution in [0.2, 0.25) is 0 Å². The SMILES string of the molecule is CC(C)Nc1cccc(-c2nc(O[C@@H]3C[C@H]4C(=O)N[C@]5(C(=O)O)C[C@H]5C=CCCCCC[C@H](NC(=O)OC5CCCC5)C(=O)N4C3)c3ccsc3n2)n1. The van der Waals surface area contributed by atoms with Gasteiger partial charge in [0.2, 0.25) is 17.7 Å². The number of ether oxygens (including phenoxy) is 2. The van der Waals surface area contributed by atoms with E-state index in [1.807, 2.05) is 55.6 Å². The summed E-state index contributed by atoms with van der Waals surface area (Å²) in [4.78, 5) is 70.5. The molecule has 5 atom stereocenters. The summed E-state index contributed by atoms with van der Waals surface area (Å²) in [6.07, 6.45) is 9.70. The summed E-state index contributed by atoms with van der Waals surface area (Å²) < 4.78 is 12.2. The molecule has 15 heteroatoms. The number of thiophene rings is 1. The smallest absolute Gasteiger partial charge is 0.408 e. The molecule has 2 saturated carbocycles. The summed E-state index contributed by atoms with van der Waals surface area (Å²) in [6, 6.07) is 5.62. The van der Waals surface area contributed by atoms with Crippen LogP contribution in [0.25, 0.3) is 21.7 Å². The second-order valence-corrected chi connectivity index (χ2v) is 15.7. The van der Waals surface area contributed by atoms with Crippen LogP contribution in [0.4, 0.5) is 10.6 Å². The molecule has 1 saturated heterocycles. The molecule has 282 valence electrons. The normalized spacial score (nSPS) is 26.7. The molecule has 14 nitrogen and oxygen atoms in total. The Morgan fingerprint density at radius 1 is 1.04 bits per heavy atom. The van der Waals surface area contributed by atoms with Gasteiger partial charge in [0.15, 0.2) is 5.82 Å². The molecule has 3 amide bonds. The summed E-state index contributed by atoms with van der Waals surface area (Å²) in [5.74, 6) is -1.13. The average molecular weight is 746 g/mol. The van der Waals surface area contributed by atoms with Crippen molar-refractivity contribution < 1.29 is 33.8 Å². The van der Waals surface area contributed by atoms with Gasteiger partial charge >= 0.3 is 12.1 Å². The van der Waals surface area contributed by atoms with Gasteiger partial charge in [-0.3, -0.25) is 9.59 Å². The van der Waals surface area contributed by atoms with Gasteiger partial charge in [-0.15, -0.1) is 11.3 Å². The topological polar surface area (TPSA) is 185 Å². The molecule has 4 N–H and O–H groups in total. The third-order valence-corrected chi connectivity index (χ3v) is 11.3. The molecule has 53 heavy (non-hydrogen) atoms. The highest BCUT2D eigenvalue weighted by atomic mass is 32.1. The Bertz CT molecular complexity index is 1880. The molecule has 0 aromatic carbocycles. The summed E-state index contributed by atoms with van der Waals surface area (Å²) in [5, 5.41) is 21.7. The summed E-state index contributed by atoms with van der Waals surface area (Å²) >= 11 is 1.43. The lowest BCUT2D eigenvalue weighted by molar-refractivity contribution is -0.145. The maximum Gasteiger partial charge on any atom is 0.408 e. The highest BCUT2D eigenvalue weighted by molar-refractivity contribution is 7.16. The van der Waals surface area contributed by atoms with E-state index < -0.39 is 47.6 Å². The minimum atomic E-state index is -1.44. The number of carboxylic acids is 1. The number of carboxylic acid groups (broad SMARTS) is 1. The Kier molecular flexibility index (Phi) is 10.8. The Hall–Kier alpha value is -4.79. The predicted molar refractivity (Wildman–Crippen MR) is 198 cm³/mol. The van der Waals surface area contributed by atoms with Crippen LogP contribution in [-0.2, 0) is 19.1 Å². The van der Waals surface area contributed by atoms with Crippen LogP contribution in [0.3, 0.4) is 0 Å². The van der Waals surface area contributed by atoms with Gasteiger partial charge in [0.1, 0.15) is 46.2 Å². The van der Waals surface area contributed by atoms with E-state index in [1.54, 1.807) is 0 Å². The van der Waals surface area contributed by atoms with Crippen molar-refractivity contribution in [2.24, 2.45) is 5.92 Å². The molecule has 0 radical (unpaired) electrons. The van der Waals surface area contributed by atoms with Crippen molar-refractivity contribution in [1.29, 1.82) is 0 Å². The monoisotopic (exact) mass is 745 g/mol. The van der Waals surface area contributed by atoms with Gasteiger partial charge < -0.3 is 35.4 Å². The Morgan fingerprint density at radius 3 is 2.64 bits per heavy atom. The molecule has 3 aromatic rings. The number of rotatable bonds is 8. The number of hydrogen-bond donors (Lipinski definition) is 4. The van der Waals surface area contributed by atoms with Gasteiger partial charge in [0, 0.05) is 18.4 Å². The van der Waals surface area contributed by atoms with E-state index in [2.05, 4.69) is 16.0 Å². The average Bonchev–Trinajstić information content (AvgIpc) is 3.57. The van der Waals surface area contributed by atoms with Gasteiger partial charge in [-0.25, -0.2) is 19.6 Å². The lowest BCUT2D eigenvalue weighted by Gasteiger charge is -2.29. The molecule has 7 rings (SSSR count). The van der Waals surface area contributed by atoms with Crippen LogP contribution < -0.4 is 20.7 Å². The van der Waals surface area contributed by atoms with E-state index in [-0.39, 0.29) is 37.5 Å². The Labute approximate surface area is 312 Å². The first-order valence-corrected chi connectivity index (χ1v) is 19.6. The molecule has 2 aliphatic heterocycles. The Balaban J connectivity index is 1.18. The zero-order chi connectivity index (χ0) is 37.1. The number of hydrogen-bond acceptors (Lipinski definition) is 11. The quantitative estimate of drug-likeness (QED) is 0.215. The number of aromatic nitrogens is 3. The molecular weight excluding hydrogens is 699 g/mol. The van der Waals surface area contributed by atoms with Crippen molar-refractivity contribution in [1.82, 2.24) is 30.5 Å². The van der Waals surface area contributed by atoms with E-state index in [0.717, 1.165) is 44.9 Å². The third kappa shape index (κ3) is 8.24. The van der Waals surface area contributed by atoms with Gasteiger partial charge in [0.25, 0.3) is 0 Å². The lowest BCUT2D eigenvalue weighted by Crippen LogP contribution is -2.56. The van der Waals surface area contributed by atoms with E-state index in [4.69, 9.17) is 24.4 Å². The number of fused-ring (bicyclic) bond motifs is 3. The molecular formula is C38H47N7O7S. The summed E-state index contributed by atoms with van der Waals surface area (Å²) in [7, 11) is 0. The van der Waals surface area contributed by atoms with Crippen LogP contribution in [0, 0.1) is 5.92 Å². The van der Waals surface area contributed by atoms with Crippen molar-refractivity contribution in [2.75, 3.05) is 11.9 Å². The van der Waals surface area contributed by atoms with Crippen LogP contribution in [0.15, 0.2) is 41.8 Å². The highest BCUT2D eigenvalue weighted by Gasteiger charge is 2.61. The number of allylic oxidation sites excluding steroid dienone is 1. The largest absolute Gasteiger partial charge is 0.479 e. The molecule has 0 spiro atoms. The number of nitrogens with zero attached hydrogens (tertiary/aromatic N) is 4. The standard InChI is InChI=1S/C38H47N7O7S/c1-22(2)39-30-16-10-15-27(40-30)31-42-33(26-17-18-53-34(26)43-31)51-25-19-29-32(46)44-38(36(48)49)20-23(38)11-6-4-3-5-7-14-28(35(47)45(29)21-25)41-37(50)52-24-12-8-9-13-24/h6,10-11,15-18,22-25,28-29H,3-5,7-9,12-14,19-21H2,1-2H3,(H,39,40)(H,41,50)(H,44,46)(H,48,49)/t23-,25-,28+,29+,38-/m1/s1. The van der Waals surface area contributed by atoms with E-state index in [9.17, 15) is 24.3 Å². The minimum absolute atomic E-state index is 0.0210. The molecule has 3 aromatic heterocycles. The fourth-order valence-corrected chi connectivity index (χ4v) is 8.36. The van der Waals surface area contributed by atoms with Crippen molar-refractivity contribution in [2.45, 2.75) is 120 Å². The van der Waals surface area contributed by atoms with Crippen molar-refractivity contribution in [3.63, 3.8) is 0 Å². The number of carbonyl (C=O) groups is 4. The number of aliphatic carboxylic acids is 1. The van der Waals surface area contributed by atoms with Crippen LogP contribution in [0.1, 0.15) is 84.5 Å². The van der Waals surface area contributed by atoms with Gasteiger partial charge in [-0.05, 0) is 88.8 Å². The summed E-state index contributed by atoms with van der Waals surface area (Å²) in [5.41, 5.74) is -0.893. The second-order valence-electron chi connectivity index (χ2n) is 14.8. The fourth-order valence-electron chi connectivity index (χ4n) is 7.61. The van der Waals surface area contributed by atoms with E-state index in [0.29, 0.717) is 46.3 Å². The lowest BCUT2D eigenvalue weighted by atomic mass is 10.0. The molecule has 5 heterocycles. The zero-order valence-electron chi connectivity index (χ0n) is 30.1. The second kappa shape index (κ2) is 15.7. The third-order valence-electron chi connectivity index (χ3n) is 10.5. The number of carbonyl (C=O) groups excluding carboxylic acids is 3. The minimum Gasteiger partial charge on any atom is -0.479 e. The first-order valence-electron chi connectivity index (χ1n) is 18.7. The molecule has 3 fully saturated rings. The molecule has 4 aliphatic rings.